The number of ether oxygens (including phenoxy) is 1. The summed E-state index contributed by atoms with van der Waals surface area (Å²) in [5, 5.41) is 5.97. The molecule has 2 N–H and O–H groups in total. The van der Waals surface area contributed by atoms with Crippen molar-refractivity contribution in [2.75, 3.05) is 18.4 Å². The zero-order valence-electron chi connectivity index (χ0n) is 18.8. The van der Waals surface area contributed by atoms with Crippen LogP contribution in [0.4, 0.5) is 10.5 Å². The summed E-state index contributed by atoms with van der Waals surface area (Å²) in [5.41, 5.74) is 3.77. The zero-order valence-corrected chi connectivity index (χ0v) is 18.8. The smallest absolute Gasteiger partial charge is 0.407 e. The van der Waals surface area contributed by atoms with Crippen LogP contribution in [-0.4, -0.2) is 35.6 Å². The summed E-state index contributed by atoms with van der Waals surface area (Å²) in [6.45, 7) is 12.1. The van der Waals surface area contributed by atoms with Crippen molar-refractivity contribution in [1.82, 2.24) is 10.3 Å². The molecule has 166 valence electrons. The largest absolute Gasteiger partial charge is 0.444 e. The van der Waals surface area contributed by atoms with E-state index in [4.69, 9.17) is 4.74 Å². The average molecular weight is 416 g/mol. The van der Waals surface area contributed by atoms with Crippen LogP contribution in [0.15, 0.2) is 36.5 Å². The molecule has 0 aliphatic heterocycles. The van der Waals surface area contributed by atoms with Crippen molar-refractivity contribution in [3.63, 3.8) is 0 Å². The molecule has 0 bridgehead atoms. The molecular formula is C24H37N3O3. The van der Waals surface area contributed by atoms with Crippen LogP contribution in [0.25, 0.3) is 11.1 Å². The molecule has 0 saturated heterocycles. The minimum Gasteiger partial charge on any atom is -0.444 e. The summed E-state index contributed by atoms with van der Waals surface area (Å²) >= 11 is 0. The zero-order chi connectivity index (χ0) is 22.3. The van der Waals surface area contributed by atoms with E-state index in [1.807, 2.05) is 52.8 Å². The summed E-state index contributed by atoms with van der Waals surface area (Å²) in [6.07, 6.45) is 2.23. The number of carbonyl (C=O) groups is 2. The SMILES string of the molecule is CCc1cccc(-c2cnc(C(=O)C(C)C)c(NCCNC(=O)OC(C)(C)C)c2)c1.[HH].[HH]. The number of hydrogen-bond donors (Lipinski definition) is 2. The summed E-state index contributed by atoms with van der Waals surface area (Å²) < 4.78 is 5.24. The van der Waals surface area contributed by atoms with Crippen molar-refractivity contribution in [2.45, 2.75) is 53.6 Å². The van der Waals surface area contributed by atoms with E-state index in [1.54, 1.807) is 6.20 Å². The number of hydrogen-bond acceptors (Lipinski definition) is 5. The van der Waals surface area contributed by atoms with Gasteiger partial charge in [0, 0.05) is 33.6 Å². The number of rotatable bonds is 8. The van der Waals surface area contributed by atoms with Gasteiger partial charge >= 0.3 is 6.09 Å². The van der Waals surface area contributed by atoms with E-state index in [1.165, 1.54) is 5.56 Å². The van der Waals surface area contributed by atoms with E-state index in [2.05, 4.69) is 34.7 Å². The highest BCUT2D eigenvalue weighted by atomic mass is 16.6. The lowest BCUT2D eigenvalue weighted by Gasteiger charge is -2.20. The number of nitrogens with zero attached hydrogens (tertiary/aromatic N) is 1. The molecule has 0 aliphatic carbocycles. The predicted molar refractivity (Wildman–Crippen MR) is 125 cm³/mol. The fourth-order valence-corrected chi connectivity index (χ4v) is 2.87. The predicted octanol–water partition coefficient (Wildman–Crippen LogP) is 5.58. The molecule has 6 nitrogen and oxygen atoms in total. The third kappa shape index (κ3) is 6.87. The Kier molecular flexibility index (Phi) is 7.98. The van der Waals surface area contributed by atoms with Gasteiger partial charge in [-0.3, -0.25) is 9.78 Å². The molecular weight excluding hydrogens is 378 g/mol. The van der Waals surface area contributed by atoms with Gasteiger partial charge in [0.15, 0.2) is 5.78 Å². The molecule has 2 rings (SSSR count). The number of aromatic nitrogens is 1. The molecule has 1 aromatic carbocycles. The lowest BCUT2D eigenvalue weighted by atomic mass is 10.00. The van der Waals surface area contributed by atoms with E-state index in [-0.39, 0.29) is 14.6 Å². The minimum atomic E-state index is -0.542. The number of pyridine rings is 1. The van der Waals surface area contributed by atoms with Gasteiger partial charge in [0.2, 0.25) is 0 Å². The second-order valence-corrected chi connectivity index (χ2v) is 8.55. The number of benzene rings is 1. The van der Waals surface area contributed by atoms with Crippen molar-refractivity contribution >= 4 is 17.6 Å². The molecule has 1 heterocycles. The number of aryl methyl sites for hydroxylation is 1. The maximum absolute atomic E-state index is 12.6. The molecule has 6 heteroatoms. The van der Waals surface area contributed by atoms with Gasteiger partial charge in [-0.2, -0.15) is 0 Å². The Morgan fingerprint density at radius 3 is 2.50 bits per heavy atom. The van der Waals surface area contributed by atoms with Crippen LogP contribution in [0.3, 0.4) is 0 Å². The Hall–Kier alpha value is -2.89. The van der Waals surface area contributed by atoms with Crippen LogP contribution in [-0.2, 0) is 11.2 Å². The van der Waals surface area contributed by atoms with Crippen LogP contribution < -0.4 is 10.6 Å². The van der Waals surface area contributed by atoms with Gasteiger partial charge in [-0.15, -0.1) is 0 Å². The number of amides is 1. The van der Waals surface area contributed by atoms with Crippen LogP contribution in [0.1, 0.15) is 60.4 Å². The lowest BCUT2D eigenvalue weighted by Crippen LogP contribution is -2.35. The van der Waals surface area contributed by atoms with Crippen molar-refractivity contribution in [3.05, 3.63) is 47.8 Å². The lowest BCUT2D eigenvalue weighted by molar-refractivity contribution is 0.0530. The molecule has 0 saturated carbocycles. The Morgan fingerprint density at radius 2 is 1.87 bits per heavy atom. The second kappa shape index (κ2) is 10.2. The molecule has 0 aliphatic rings. The van der Waals surface area contributed by atoms with Crippen molar-refractivity contribution < 1.29 is 17.2 Å². The van der Waals surface area contributed by atoms with Crippen molar-refractivity contribution in [2.24, 2.45) is 5.92 Å². The Bertz CT molecular complexity index is 896. The Labute approximate surface area is 182 Å². The van der Waals surface area contributed by atoms with Gasteiger partial charge < -0.3 is 15.4 Å². The molecule has 1 amide bonds. The number of alkyl carbamates (subject to hydrolysis) is 1. The number of ketones is 1. The van der Waals surface area contributed by atoms with Gasteiger partial charge in [0.25, 0.3) is 0 Å². The average Bonchev–Trinajstić information content (AvgIpc) is 2.69. The maximum atomic E-state index is 12.6. The highest BCUT2D eigenvalue weighted by Gasteiger charge is 2.18. The number of nitrogens with one attached hydrogen (secondary N) is 2. The number of anilines is 1. The molecule has 2 aromatic rings. The molecule has 30 heavy (non-hydrogen) atoms. The first kappa shape index (κ1) is 23.4. The summed E-state index contributed by atoms with van der Waals surface area (Å²) in [4.78, 5) is 28.9. The van der Waals surface area contributed by atoms with E-state index in [0.717, 1.165) is 17.5 Å². The van der Waals surface area contributed by atoms with E-state index < -0.39 is 11.7 Å². The van der Waals surface area contributed by atoms with Crippen LogP contribution in [0.5, 0.6) is 0 Å². The molecule has 0 unspecified atom stereocenters. The first-order valence-electron chi connectivity index (χ1n) is 10.4. The maximum Gasteiger partial charge on any atom is 0.407 e. The van der Waals surface area contributed by atoms with Crippen LogP contribution in [0.2, 0.25) is 0 Å². The highest BCUT2D eigenvalue weighted by Crippen LogP contribution is 2.26. The quantitative estimate of drug-likeness (QED) is 0.435. The molecule has 0 atom stereocenters. The summed E-state index contributed by atoms with van der Waals surface area (Å²) in [6, 6.07) is 10.2. The third-order valence-corrected chi connectivity index (χ3v) is 4.42. The van der Waals surface area contributed by atoms with E-state index in [0.29, 0.717) is 24.5 Å². The number of carbonyl (C=O) groups excluding carboxylic acids is 2. The molecule has 0 fully saturated rings. The van der Waals surface area contributed by atoms with E-state index in [9.17, 15) is 9.59 Å². The van der Waals surface area contributed by atoms with Crippen LogP contribution in [0, 0.1) is 5.92 Å². The molecule has 0 spiro atoms. The third-order valence-electron chi connectivity index (χ3n) is 4.42. The second-order valence-electron chi connectivity index (χ2n) is 8.55. The van der Waals surface area contributed by atoms with Crippen LogP contribution >= 0.6 is 0 Å². The normalized spacial score (nSPS) is 11.3. The van der Waals surface area contributed by atoms with Gasteiger partial charge in [-0.1, -0.05) is 45.0 Å². The van der Waals surface area contributed by atoms with Gasteiger partial charge in [0.05, 0.1) is 5.69 Å². The Morgan fingerprint density at radius 1 is 1.13 bits per heavy atom. The summed E-state index contributed by atoms with van der Waals surface area (Å²) in [7, 11) is 0. The molecule has 1 aromatic heterocycles. The minimum absolute atomic E-state index is 0. The highest BCUT2D eigenvalue weighted by molar-refractivity contribution is 6.01. The van der Waals surface area contributed by atoms with Crippen molar-refractivity contribution in [3.8, 4) is 11.1 Å². The first-order valence-corrected chi connectivity index (χ1v) is 10.4. The van der Waals surface area contributed by atoms with Gasteiger partial charge in [-0.05, 0) is 44.4 Å². The summed E-state index contributed by atoms with van der Waals surface area (Å²) in [5.74, 6) is -0.182. The fraction of sp³-hybridized carbons (Fsp3) is 0.458. The first-order chi connectivity index (χ1) is 14.1. The number of Topliss-reactive ketones (excluding diaryl/α,β-unsaturated/α-hetero) is 1. The Balaban J connectivity index is 0.00000480. The van der Waals surface area contributed by atoms with Gasteiger partial charge in [0.1, 0.15) is 11.3 Å². The van der Waals surface area contributed by atoms with Gasteiger partial charge in [-0.25, -0.2) is 4.79 Å². The fourth-order valence-electron chi connectivity index (χ4n) is 2.87. The topological polar surface area (TPSA) is 80.3 Å². The van der Waals surface area contributed by atoms with E-state index >= 15 is 0 Å². The molecule has 0 radical (unpaired) electrons. The monoisotopic (exact) mass is 415 g/mol. The standard InChI is InChI=1S/C24H33N3O3.2H2/c1-7-17-9-8-10-18(13-17)19-14-20(21(27-15-19)22(28)16(2)3)25-11-12-26-23(29)30-24(4,5)6;;/h8-10,13-16,25H,7,11-12H2,1-6H3,(H,26,29);2*1H. The van der Waals surface area contributed by atoms with Crippen molar-refractivity contribution in [1.29, 1.82) is 0 Å².